The van der Waals surface area contributed by atoms with Gasteiger partial charge in [-0.15, -0.1) is 0 Å². The van der Waals surface area contributed by atoms with E-state index in [9.17, 15) is 0 Å². The summed E-state index contributed by atoms with van der Waals surface area (Å²) in [5.74, 6) is 0. The largest absolute Gasteiger partial charge is 0.355 e. The van der Waals surface area contributed by atoms with Gasteiger partial charge in [-0.3, -0.25) is 0 Å². The molecule has 0 unspecified atom stereocenters. The zero-order valence-electron chi connectivity index (χ0n) is 27.5. The summed E-state index contributed by atoms with van der Waals surface area (Å²) in [4.78, 5) is 0. The normalized spacial score (nSPS) is 11.2. The van der Waals surface area contributed by atoms with Gasteiger partial charge in [0.1, 0.15) is 0 Å². The first-order chi connectivity index (χ1) is 24.8. The summed E-state index contributed by atoms with van der Waals surface area (Å²) >= 11 is 0. The Hall–Kier alpha value is -6.64. The Balaban J connectivity index is 1.16. The molecule has 236 valence electrons. The second kappa shape index (κ2) is 12.8. The van der Waals surface area contributed by atoms with Gasteiger partial charge in [0.2, 0.25) is 0 Å². The molecule has 0 aliphatic carbocycles. The van der Waals surface area contributed by atoms with E-state index in [1.807, 2.05) is 0 Å². The van der Waals surface area contributed by atoms with Crippen LogP contribution in [0.5, 0.6) is 0 Å². The zero-order valence-corrected chi connectivity index (χ0v) is 27.5. The van der Waals surface area contributed by atoms with Crippen LogP contribution in [0.15, 0.2) is 200 Å². The highest BCUT2D eigenvalue weighted by molar-refractivity contribution is 6.11. The molecule has 0 saturated heterocycles. The van der Waals surface area contributed by atoms with Gasteiger partial charge in [-0.25, -0.2) is 0 Å². The van der Waals surface area contributed by atoms with Crippen molar-refractivity contribution in [1.82, 2.24) is 4.57 Å². The van der Waals surface area contributed by atoms with Crippen LogP contribution in [0.2, 0.25) is 0 Å². The van der Waals surface area contributed by atoms with Crippen LogP contribution < -0.4 is 5.32 Å². The molecule has 1 N–H and O–H groups in total. The monoisotopic (exact) mass is 638 g/mol. The van der Waals surface area contributed by atoms with Gasteiger partial charge in [0, 0.05) is 33.4 Å². The van der Waals surface area contributed by atoms with Crippen molar-refractivity contribution in [2.75, 3.05) is 5.32 Å². The lowest BCUT2D eigenvalue weighted by atomic mass is 9.96. The molecule has 2 heteroatoms. The van der Waals surface area contributed by atoms with Gasteiger partial charge in [0.05, 0.1) is 11.0 Å². The molecule has 0 bridgehead atoms. The Morgan fingerprint density at radius 1 is 0.320 bits per heavy atom. The highest BCUT2D eigenvalue weighted by atomic mass is 15.0. The van der Waals surface area contributed by atoms with Crippen LogP contribution in [0.3, 0.4) is 0 Å². The fraction of sp³-hybridized carbons (Fsp3) is 0. The van der Waals surface area contributed by atoms with Crippen molar-refractivity contribution in [2.45, 2.75) is 0 Å². The molecule has 9 rings (SSSR count). The molecule has 1 heterocycles. The molecule has 0 aliphatic rings. The number of para-hydroxylation sites is 1. The number of nitrogens with zero attached hydrogens (tertiary/aromatic N) is 1. The summed E-state index contributed by atoms with van der Waals surface area (Å²) in [5.41, 5.74) is 15.2. The Morgan fingerprint density at radius 2 is 0.860 bits per heavy atom. The van der Waals surface area contributed by atoms with Gasteiger partial charge in [0.15, 0.2) is 0 Å². The summed E-state index contributed by atoms with van der Waals surface area (Å²) < 4.78 is 2.40. The summed E-state index contributed by atoms with van der Waals surface area (Å²) in [6, 6.07) is 71.7. The lowest BCUT2D eigenvalue weighted by molar-refractivity contribution is 1.18. The SMILES string of the molecule is c1ccc(-c2cccc(Nc3ccc(-c4ccc5c(c4)c4ccc(-c6ccccc6)cc4n5-c4ccccc4)cc3-c3ccccc3)c2)cc1. The van der Waals surface area contributed by atoms with E-state index in [0.29, 0.717) is 0 Å². The van der Waals surface area contributed by atoms with Crippen LogP contribution >= 0.6 is 0 Å². The third kappa shape index (κ3) is 5.53. The molecule has 50 heavy (non-hydrogen) atoms. The first-order valence-corrected chi connectivity index (χ1v) is 17.1. The number of rotatable bonds is 7. The molecule has 0 fully saturated rings. The molecule has 1 aromatic heterocycles. The number of aromatic nitrogens is 1. The number of benzene rings is 8. The van der Waals surface area contributed by atoms with Crippen molar-refractivity contribution in [2.24, 2.45) is 0 Å². The van der Waals surface area contributed by atoms with E-state index in [0.717, 1.165) is 22.6 Å². The first kappa shape index (κ1) is 29.5. The topological polar surface area (TPSA) is 17.0 Å². The van der Waals surface area contributed by atoms with Crippen molar-refractivity contribution in [3.63, 3.8) is 0 Å². The Bertz CT molecular complexity index is 2590. The second-order valence-corrected chi connectivity index (χ2v) is 12.7. The van der Waals surface area contributed by atoms with Crippen molar-refractivity contribution >= 4 is 33.2 Å². The minimum atomic E-state index is 1.06. The Kier molecular flexibility index (Phi) is 7.53. The van der Waals surface area contributed by atoms with E-state index in [-0.39, 0.29) is 0 Å². The van der Waals surface area contributed by atoms with Gasteiger partial charge in [0.25, 0.3) is 0 Å². The number of anilines is 2. The number of fused-ring (bicyclic) bond motifs is 3. The van der Waals surface area contributed by atoms with E-state index in [1.54, 1.807) is 0 Å². The van der Waals surface area contributed by atoms with Crippen LogP contribution in [0.25, 0.3) is 72.0 Å². The Labute approximate surface area is 292 Å². The maximum Gasteiger partial charge on any atom is 0.0547 e. The third-order valence-corrected chi connectivity index (χ3v) is 9.57. The van der Waals surface area contributed by atoms with Crippen LogP contribution in [0.4, 0.5) is 11.4 Å². The van der Waals surface area contributed by atoms with E-state index in [4.69, 9.17) is 0 Å². The molecule has 0 aliphatic heterocycles. The van der Waals surface area contributed by atoms with Crippen LogP contribution in [-0.4, -0.2) is 4.57 Å². The first-order valence-electron chi connectivity index (χ1n) is 17.1. The maximum absolute atomic E-state index is 3.75. The predicted octanol–water partition coefficient (Wildman–Crippen LogP) is 13.2. The summed E-state index contributed by atoms with van der Waals surface area (Å²) in [6.07, 6.45) is 0. The Morgan fingerprint density at radius 3 is 1.56 bits per heavy atom. The van der Waals surface area contributed by atoms with E-state index < -0.39 is 0 Å². The van der Waals surface area contributed by atoms with Crippen molar-refractivity contribution in [3.8, 4) is 50.2 Å². The van der Waals surface area contributed by atoms with Gasteiger partial charge in [-0.05, 0) is 93.5 Å². The van der Waals surface area contributed by atoms with Gasteiger partial charge >= 0.3 is 0 Å². The lowest BCUT2D eigenvalue weighted by Gasteiger charge is -2.16. The molecular weight excluding hydrogens is 605 g/mol. The molecule has 8 aromatic carbocycles. The highest BCUT2D eigenvalue weighted by Gasteiger charge is 2.16. The van der Waals surface area contributed by atoms with Crippen LogP contribution in [0, 0.1) is 0 Å². The molecule has 0 atom stereocenters. The average molecular weight is 639 g/mol. The van der Waals surface area contributed by atoms with Crippen molar-refractivity contribution < 1.29 is 0 Å². The van der Waals surface area contributed by atoms with E-state index in [2.05, 4.69) is 210 Å². The van der Waals surface area contributed by atoms with Crippen LogP contribution in [0.1, 0.15) is 0 Å². The minimum absolute atomic E-state index is 1.06. The lowest BCUT2D eigenvalue weighted by Crippen LogP contribution is -1.95. The smallest absolute Gasteiger partial charge is 0.0547 e. The van der Waals surface area contributed by atoms with Gasteiger partial charge in [-0.1, -0.05) is 146 Å². The van der Waals surface area contributed by atoms with Gasteiger partial charge < -0.3 is 9.88 Å². The quantitative estimate of drug-likeness (QED) is 0.184. The minimum Gasteiger partial charge on any atom is -0.355 e. The molecule has 0 amide bonds. The van der Waals surface area contributed by atoms with E-state index >= 15 is 0 Å². The average Bonchev–Trinajstić information content (AvgIpc) is 3.52. The third-order valence-electron chi connectivity index (χ3n) is 9.57. The van der Waals surface area contributed by atoms with Gasteiger partial charge in [-0.2, -0.15) is 0 Å². The molecular formula is C48H34N2. The summed E-state index contributed by atoms with van der Waals surface area (Å²) in [6.45, 7) is 0. The molecule has 0 saturated carbocycles. The van der Waals surface area contributed by atoms with Crippen molar-refractivity contribution in [1.29, 1.82) is 0 Å². The number of nitrogens with one attached hydrogen (secondary N) is 1. The molecule has 9 aromatic rings. The predicted molar refractivity (Wildman–Crippen MR) is 212 cm³/mol. The number of hydrogen-bond donors (Lipinski definition) is 1. The van der Waals surface area contributed by atoms with Crippen molar-refractivity contribution in [3.05, 3.63) is 200 Å². The highest BCUT2D eigenvalue weighted by Crippen LogP contribution is 2.39. The zero-order chi connectivity index (χ0) is 33.3. The molecule has 0 radical (unpaired) electrons. The number of hydrogen-bond acceptors (Lipinski definition) is 1. The summed E-state index contributed by atoms with van der Waals surface area (Å²) in [5, 5.41) is 6.23. The standard InChI is InChI=1S/C48H34N2/c1-5-14-34(15-6-1)37-20-13-21-41(30-37)49-46-28-25-38(31-44(46)36-18-9-3-10-19-36)39-26-29-47-45(32-39)43-27-24-40(35-16-7-2-8-17-35)33-48(43)50(47)42-22-11-4-12-23-42/h1-33,49H. The maximum atomic E-state index is 3.75. The fourth-order valence-electron chi connectivity index (χ4n) is 7.12. The molecule has 0 spiro atoms. The molecule has 2 nitrogen and oxygen atoms in total. The summed E-state index contributed by atoms with van der Waals surface area (Å²) in [7, 11) is 0. The van der Waals surface area contributed by atoms with Crippen LogP contribution in [-0.2, 0) is 0 Å². The second-order valence-electron chi connectivity index (χ2n) is 12.7. The van der Waals surface area contributed by atoms with E-state index in [1.165, 1.54) is 60.8 Å². The fourth-order valence-corrected chi connectivity index (χ4v) is 7.12.